The molecule has 0 saturated heterocycles. The summed E-state index contributed by atoms with van der Waals surface area (Å²) in [7, 11) is 0. The van der Waals surface area contributed by atoms with E-state index >= 15 is 0 Å². The largest absolute Gasteiger partial charge is 0.374 e. The fourth-order valence-electron chi connectivity index (χ4n) is 4.90. The highest BCUT2D eigenvalue weighted by atomic mass is 19.1. The van der Waals surface area contributed by atoms with Gasteiger partial charge in [0.2, 0.25) is 0 Å². The van der Waals surface area contributed by atoms with Crippen LogP contribution in [0.1, 0.15) is 49.3 Å². The normalized spacial score (nSPS) is 22.5. The lowest BCUT2D eigenvalue weighted by molar-refractivity contribution is -0.125. The van der Waals surface area contributed by atoms with Gasteiger partial charge in [-0.25, -0.2) is 9.37 Å². The number of aromatic nitrogens is 2. The summed E-state index contributed by atoms with van der Waals surface area (Å²) < 4.78 is 22.6. The maximum Gasteiger partial charge on any atom is 0.138 e. The Labute approximate surface area is 175 Å². The molecular formula is C25H25FN2O2. The van der Waals surface area contributed by atoms with Crippen LogP contribution in [0.15, 0.2) is 61.1 Å². The zero-order chi connectivity index (χ0) is 20.5. The van der Waals surface area contributed by atoms with Crippen molar-refractivity contribution in [3.63, 3.8) is 0 Å². The zero-order valence-electron chi connectivity index (χ0n) is 16.8. The van der Waals surface area contributed by atoms with E-state index in [1.54, 1.807) is 18.6 Å². The number of rotatable bonds is 6. The second-order valence-corrected chi connectivity index (χ2v) is 8.34. The van der Waals surface area contributed by atoms with E-state index < -0.39 is 0 Å². The molecule has 0 bridgehead atoms. The van der Waals surface area contributed by atoms with E-state index in [2.05, 4.69) is 17.1 Å². The highest BCUT2D eigenvalue weighted by molar-refractivity contribution is 5.83. The molecule has 154 valence electrons. The van der Waals surface area contributed by atoms with Crippen LogP contribution in [0.3, 0.4) is 0 Å². The first-order valence-corrected chi connectivity index (χ1v) is 10.7. The number of ether oxygens (including phenoxy) is 1. The molecule has 0 spiro atoms. The number of benzene rings is 2. The van der Waals surface area contributed by atoms with E-state index in [0.29, 0.717) is 18.6 Å². The van der Waals surface area contributed by atoms with Gasteiger partial charge in [-0.2, -0.15) is 0 Å². The number of halogens is 1. The lowest BCUT2D eigenvalue weighted by Gasteiger charge is -2.28. The van der Waals surface area contributed by atoms with Crippen LogP contribution in [0.2, 0.25) is 0 Å². The summed E-state index contributed by atoms with van der Waals surface area (Å²) in [6, 6.07) is 15.0. The standard InChI is InChI=1S/C25H25FN2O2/c26-21-8-4-7-20-23-14-27-16-28(23)22(25(20)21)13-24(29)18-9-11-19(12-10-18)30-15-17-5-2-1-3-6-17/h1-8,14,16,18-19,22H,9-13,15H2. The van der Waals surface area contributed by atoms with Gasteiger partial charge in [-0.15, -0.1) is 0 Å². The van der Waals surface area contributed by atoms with Crippen molar-refractivity contribution >= 4 is 5.78 Å². The Balaban J connectivity index is 1.20. The molecule has 1 fully saturated rings. The van der Waals surface area contributed by atoms with Crippen LogP contribution in [-0.4, -0.2) is 21.4 Å². The van der Waals surface area contributed by atoms with E-state index in [0.717, 1.165) is 36.9 Å². The van der Waals surface area contributed by atoms with E-state index in [1.165, 1.54) is 11.6 Å². The number of hydrogen-bond acceptors (Lipinski definition) is 3. The quantitative estimate of drug-likeness (QED) is 0.558. The Bertz CT molecular complexity index is 1040. The van der Waals surface area contributed by atoms with Crippen LogP contribution in [0.4, 0.5) is 4.39 Å². The number of hydrogen-bond donors (Lipinski definition) is 0. The molecule has 5 rings (SSSR count). The van der Waals surface area contributed by atoms with E-state index in [-0.39, 0.29) is 29.7 Å². The fourth-order valence-corrected chi connectivity index (χ4v) is 4.90. The van der Waals surface area contributed by atoms with Crippen LogP contribution in [-0.2, 0) is 16.1 Å². The van der Waals surface area contributed by atoms with E-state index in [4.69, 9.17) is 4.74 Å². The lowest BCUT2D eigenvalue weighted by atomic mass is 9.82. The first kappa shape index (κ1) is 19.2. The Kier molecular flexibility index (Phi) is 5.21. The second-order valence-electron chi connectivity index (χ2n) is 8.34. The maximum absolute atomic E-state index is 14.6. The van der Waals surface area contributed by atoms with Crippen LogP contribution in [0.25, 0.3) is 11.3 Å². The minimum absolute atomic E-state index is 0.0318. The van der Waals surface area contributed by atoms with Crippen molar-refractivity contribution in [3.8, 4) is 11.3 Å². The molecule has 4 nitrogen and oxygen atoms in total. The molecular weight excluding hydrogens is 379 g/mol. The maximum atomic E-state index is 14.6. The third kappa shape index (κ3) is 3.58. The van der Waals surface area contributed by atoms with Crippen LogP contribution >= 0.6 is 0 Å². The number of fused-ring (bicyclic) bond motifs is 3. The summed E-state index contributed by atoms with van der Waals surface area (Å²) in [6.45, 7) is 0.617. The SMILES string of the molecule is O=C(CC1c2c(F)cccc2-c2cncn21)C1CCC(OCc2ccccc2)CC1. The smallest absolute Gasteiger partial charge is 0.138 e. The molecule has 1 atom stereocenters. The average molecular weight is 404 g/mol. The van der Waals surface area contributed by atoms with Gasteiger partial charge >= 0.3 is 0 Å². The number of carbonyl (C=O) groups excluding carboxylic acids is 1. The third-order valence-electron chi connectivity index (χ3n) is 6.52. The summed E-state index contributed by atoms with van der Waals surface area (Å²) in [6.07, 6.45) is 7.46. The van der Waals surface area contributed by atoms with Crippen LogP contribution < -0.4 is 0 Å². The average Bonchev–Trinajstić information content (AvgIpc) is 3.37. The van der Waals surface area contributed by atoms with Gasteiger partial charge in [0.1, 0.15) is 11.6 Å². The van der Waals surface area contributed by atoms with Crippen molar-refractivity contribution in [1.29, 1.82) is 0 Å². The zero-order valence-corrected chi connectivity index (χ0v) is 16.8. The molecule has 0 radical (unpaired) electrons. The molecule has 1 unspecified atom stereocenters. The van der Waals surface area contributed by atoms with E-state index in [1.807, 2.05) is 28.8 Å². The monoisotopic (exact) mass is 404 g/mol. The van der Waals surface area contributed by atoms with Crippen molar-refractivity contribution in [2.75, 3.05) is 0 Å². The Morgan fingerprint density at radius 2 is 1.87 bits per heavy atom. The van der Waals surface area contributed by atoms with Crippen molar-refractivity contribution in [2.24, 2.45) is 5.92 Å². The van der Waals surface area contributed by atoms with Gasteiger partial charge < -0.3 is 9.30 Å². The molecule has 30 heavy (non-hydrogen) atoms. The number of Topliss-reactive ketones (excluding diaryl/α,β-unsaturated/α-hetero) is 1. The first-order chi connectivity index (χ1) is 14.7. The fraction of sp³-hybridized carbons (Fsp3) is 0.360. The Hall–Kier alpha value is -2.79. The van der Waals surface area contributed by atoms with Gasteiger partial charge in [0.15, 0.2) is 0 Å². The Morgan fingerprint density at radius 3 is 2.67 bits per heavy atom. The molecule has 2 aliphatic rings. The van der Waals surface area contributed by atoms with Gasteiger partial charge in [0, 0.05) is 23.5 Å². The molecule has 5 heteroatoms. The van der Waals surface area contributed by atoms with Gasteiger partial charge in [-0.05, 0) is 37.3 Å². The lowest BCUT2D eigenvalue weighted by Crippen LogP contribution is -2.27. The number of ketones is 1. The first-order valence-electron chi connectivity index (χ1n) is 10.7. The summed E-state index contributed by atoms with van der Waals surface area (Å²) in [5.74, 6) is 0.00801. The Morgan fingerprint density at radius 1 is 1.07 bits per heavy atom. The molecule has 1 aliphatic carbocycles. The number of carbonyl (C=O) groups is 1. The molecule has 1 aromatic heterocycles. The molecule has 2 heterocycles. The van der Waals surface area contributed by atoms with Crippen molar-refractivity contribution in [1.82, 2.24) is 9.55 Å². The van der Waals surface area contributed by atoms with Crippen molar-refractivity contribution in [3.05, 3.63) is 78.0 Å². The third-order valence-corrected chi connectivity index (χ3v) is 6.52. The van der Waals surface area contributed by atoms with E-state index in [9.17, 15) is 9.18 Å². The minimum atomic E-state index is -0.293. The van der Waals surface area contributed by atoms with Crippen molar-refractivity contribution < 1.29 is 13.9 Å². The minimum Gasteiger partial charge on any atom is -0.374 e. The summed E-state index contributed by atoms with van der Waals surface area (Å²) in [5.41, 5.74) is 3.54. The molecule has 0 N–H and O–H groups in total. The predicted octanol–water partition coefficient (Wildman–Crippen LogP) is 5.33. The highest BCUT2D eigenvalue weighted by Crippen LogP contribution is 2.43. The van der Waals surface area contributed by atoms with Gasteiger partial charge in [0.25, 0.3) is 0 Å². The van der Waals surface area contributed by atoms with Crippen LogP contribution in [0, 0.1) is 11.7 Å². The predicted molar refractivity (Wildman–Crippen MR) is 112 cm³/mol. The van der Waals surface area contributed by atoms with Crippen LogP contribution in [0.5, 0.6) is 0 Å². The molecule has 1 aliphatic heterocycles. The van der Waals surface area contributed by atoms with Gasteiger partial charge in [-0.3, -0.25) is 4.79 Å². The second kappa shape index (κ2) is 8.15. The number of nitrogens with zero attached hydrogens (tertiary/aromatic N) is 2. The summed E-state index contributed by atoms with van der Waals surface area (Å²) in [5, 5.41) is 0. The van der Waals surface area contributed by atoms with Crippen molar-refractivity contribution in [2.45, 2.75) is 50.9 Å². The summed E-state index contributed by atoms with van der Waals surface area (Å²) in [4.78, 5) is 17.3. The molecule has 0 amide bonds. The number of imidazole rings is 1. The highest BCUT2D eigenvalue weighted by Gasteiger charge is 2.35. The molecule has 3 aromatic rings. The molecule has 1 saturated carbocycles. The summed E-state index contributed by atoms with van der Waals surface area (Å²) >= 11 is 0. The molecule has 2 aromatic carbocycles. The van der Waals surface area contributed by atoms with Gasteiger partial charge in [-0.1, -0.05) is 42.5 Å². The topological polar surface area (TPSA) is 44.1 Å². The van der Waals surface area contributed by atoms with Gasteiger partial charge in [0.05, 0.1) is 37.0 Å².